The predicted molar refractivity (Wildman–Crippen MR) is 125 cm³/mol. The standard InChI is InChI=1S/C23H23ClN4O3S/c1-5-19(29)28-17-11-10-14(24)12-16(17)20-21(25-23(32-4)27-26-20)31-22(28)15-8-6-7-9-18(15)30-13(2)3/h6-13,22H,5H2,1-4H3. The van der Waals surface area contributed by atoms with E-state index in [2.05, 4.69) is 15.2 Å². The van der Waals surface area contributed by atoms with Gasteiger partial charge in [-0.3, -0.25) is 9.69 Å². The Morgan fingerprint density at radius 3 is 2.75 bits per heavy atom. The molecule has 166 valence electrons. The van der Waals surface area contributed by atoms with Crippen LogP contribution in [0.4, 0.5) is 5.69 Å². The summed E-state index contributed by atoms with van der Waals surface area (Å²) in [7, 11) is 0. The number of rotatable bonds is 5. The van der Waals surface area contributed by atoms with Crippen LogP contribution in [-0.4, -0.2) is 33.4 Å². The second kappa shape index (κ2) is 9.34. The second-order valence-electron chi connectivity index (χ2n) is 7.41. The highest BCUT2D eigenvalue weighted by Crippen LogP contribution is 2.46. The molecule has 2 aromatic carbocycles. The number of thioether (sulfide) groups is 1. The Morgan fingerprint density at radius 2 is 2.03 bits per heavy atom. The topological polar surface area (TPSA) is 77.4 Å². The van der Waals surface area contributed by atoms with E-state index < -0.39 is 6.23 Å². The summed E-state index contributed by atoms with van der Waals surface area (Å²) in [5, 5.41) is 9.52. The lowest BCUT2D eigenvalue weighted by atomic mass is 10.1. The van der Waals surface area contributed by atoms with Crippen LogP contribution in [0.2, 0.25) is 5.02 Å². The van der Waals surface area contributed by atoms with Crippen molar-refractivity contribution in [3.8, 4) is 22.9 Å². The zero-order valence-corrected chi connectivity index (χ0v) is 19.8. The normalized spacial score (nSPS) is 14.9. The number of para-hydroxylation sites is 1. The third-order valence-corrected chi connectivity index (χ3v) is 5.64. The van der Waals surface area contributed by atoms with Crippen LogP contribution < -0.4 is 14.4 Å². The Bertz CT molecular complexity index is 1160. The molecule has 3 aromatic rings. The van der Waals surface area contributed by atoms with Gasteiger partial charge < -0.3 is 9.47 Å². The number of ether oxygens (including phenoxy) is 2. The lowest BCUT2D eigenvalue weighted by Crippen LogP contribution is -2.37. The molecule has 1 aliphatic heterocycles. The molecule has 0 saturated carbocycles. The second-order valence-corrected chi connectivity index (χ2v) is 8.62. The minimum absolute atomic E-state index is 0.0530. The number of fused-ring (bicyclic) bond motifs is 3. The summed E-state index contributed by atoms with van der Waals surface area (Å²) in [6.45, 7) is 5.72. The van der Waals surface area contributed by atoms with Gasteiger partial charge in [-0.1, -0.05) is 42.4 Å². The zero-order chi connectivity index (χ0) is 22.8. The van der Waals surface area contributed by atoms with Crippen molar-refractivity contribution in [1.29, 1.82) is 0 Å². The Hall–Kier alpha value is -2.84. The van der Waals surface area contributed by atoms with Gasteiger partial charge in [0, 0.05) is 17.0 Å². The number of carbonyl (C=O) groups is 1. The number of benzene rings is 2. The van der Waals surface area contributed by atoms with Crippen LogP contribution in [0.5, 0.6) is 11.6 Å². The maximum absolute atomic E-state index is 13.3. The molecule has 1 aliphatic rings. The summed E-state index contributed by atoms with van der Waals surface area (Å²) in [6, 6.07) is 12.8. The van der Waals surface area contributed by atoms with Crippen molar-refractivity contribution in [1.82, 2.24) is 15.2 Å². The average molecular weight is 471 g/mol. The van der Waals surface area contributed by atoms with E-state index in [-0.39, 0.29) is 24.3 Å². The number of nitrogens with zero attached hydrogens (tertiary/aromatic N) is 4. The van der Waals surface area contributed by atoms with Crippen molar-refractivity contribution in [2.24, 2.45) is 0 Å². The van der Waals surface area contributed by atoms with E-state index in [1.54, 1.807) is 23.1 Å². The van der Waals surface area contributed by atoms with Crippen LogP contribution in [0, 0.1) is 0 Å². The number of aromatic nitrogens is 3. The third-order valence-electron chi connectivity index (χ3n) is 4.87. The van der Waals surface area contributed by atoms with Crippen LogP contribution in [0.1, 0.15) is 39.0 Å². The number of hydrogen-bond donors (Lipinski definition) is 0. The van der Waals surface area contributed by atoms with Crippen LogP contribution in [0.25, 0.3) is 11.3 Å². The van der Waals surface area contributed by atoms with Crippen molar-refractivity contribution >= 4 is 35.0 Å². The highest BCUT2D eigenvalue weighted by Gasteiger charge is 2.37. The molecule has 1 unspecified atom stereocenters. The quantitative estimate of drug-likeness (QED) is 0.453. The molecule has 1 atom stereocenters. The van der Waals surface area contributed by atoms with Crippen molar-refractivity contribution in [3.63, 3.8) is 0 Å². The molecule has 0 N–H and O–H groups in total. The molecular formula is C23H23ClN4O3S. The first-order chi connectivity index (χ1) is 15.4. The molecule has 4 rings (SSSR count). The minimum Gasteiger partial charge on any atom is -0.491 e. The van der Waals surface area contributed by atoms with Crippen LogP contribution in [0.3, 0.4) is 0 Å². The Labute approximate surface area is 196 Å². The summed E-state index contributed by atoms with van der Waals surface area (Å²) in [6.07, 6.45) is 1.27. The molecule has 2 heterocycles. The first-order valence-corrected chi connectivity index (χ1v) is 11.9. The summed E-state index contributed by atoms with van der Waals surface area (Å²) in [5.74, 6) is 0.792. The van der Waals surface area contributed by atoms with E-state index in [0.29, 0.717) is 38.4 Å². The molecule has 7 nitrogen and oxygen atoms in total. The van der Waals surface area contributed by atoms with Gasteiger partial charge >= 0.3 is 0 Å². The Morgan fingerprint density at radius 1 is 1.25 bits per heavy atom. The van der Waals surface area contributed by atoms with Gasteiger partial charge in [0.25, 0.3) is 0 Å². The van der Waals surface area contributed by atoms with Crippen molar-refractivity contribution in [3.05, 3.63) is 53.1 Å². The molecule has 0 spiro atoms. The largest absolute Gasteiger partial charge is 0.491 e. The Balaban J connectivity index is 1.99. The predicted octanol–water partition coefficient (Wildman–Crippen LogP) is 5.54. The van der Waals surface area contributed by atoms with Gasteiger partial charge in [0.15, 0.2) is 5.69 Å². The molecular weight excluding hydrogens is 448 g/mol. The fourth-order valence-corrected chi connectivity index (χ4v) is 3.98. The monoisotopic (exact) mass is 470 g/mol. The lowest BCUT2D eigenvalue weighted by Gasteiger charge is -2.31. The number of hydrogen-bond acceptors (Lipinski definition) is 7. The van der Waals surface area contributed by atoms with Crippen LogP contribution in [-0.2, 0) is 4.79 Å². The van der Waals surface area contributed by atoms with Gasteiger partial charge in [-0.15, -0.1) is 10.2 Å². The molecule has 1 amide bonds. The summed E-state index contributed by atoms with van der Waals surface area (Å²) < 4.78 is 12.5. The number of amides is 1. The average Bonchev–Trinajstić information content (AvgIpc) is 2.92. The number of anilines is 1. The fraction of sp³-hybridized carbons (Fsp3) is 0.304. The highest BCUT2D eigenvalue weighted by molar-refractivity contribution is 7.98. The van der Waals surface area contributed by atoms with Crippen molar-refractivity contribution in [2.45, 2.75) is 44.7 Å². The molecule has 0 saturated heterocycles. The maximum Gasteiger partial charge on any atom is 0.247 e. The van der Waals surface area contributed by atoms with Gasteiger partial charge in [-0.2, -0.15) is 4.98 Å². The Kier molecular flexibility index (Phi) is 6.53. The van der Waals surface area contributed by atoms with E-state index in [0.717, 1.165) is 0 Å². The van der Waals surface area contributed by atoms with E-state index >= 15 is 0 Å². The number of halogens is 1. The van der Waals surface area contributed by atoms with Crippen LogP contribution >= 0.6 is 23.4 Å². The maximum atomic E-state index is 13.3. The minimum atomic E-state index is -0.815. The number of carbonyl (C=O) groups excluding carboxylic acids is 1. The van der Waals surface area contributed by atoms with Gasteiger partial charge in [0.2, 0.25) is 23.2 Å². The molecule has 0 aliphatic carbocycles. The van der Waals surface area contributed by atoms with Gasteiger partial charge in [0.1, 0.15) is 5.75 Å². The fourth-order valence-electron chi connectivity index (χ4n) is 3.51. The summed E-state index contributed by atoms with van der Waals surface area (Å²) >= 11 is 7.67. The lowest BCUT2D eigenvalue weighted by molar-refractivity contribution is -0.120. The molecule has 0 radical (unpaired) electrons. The summed E-state index contributed by atoms with van der Waals surface area (Å²) in [4.78, 5) is 19.4. The van der Waals surface area contributed by atoms with Gasteiger partial charge in [-0.05, 0) is 50.4 Å². The first kappa shape index (κ1) is 22.4. The van der Waals surface area contributed by atoms with E-state index in [4.69, 9.17) is 21.1 Å². The molecule has 32 heavy (non-hydrogen) atoms. The van der Waals surface area contributed by atoms with Crippen molar-refractivity contribution < 1.29 is 14.3 Å². The van der Waals surface area contributed by atoms with Crippen LogP contribution in [0.15, 0.2) is 47.6 Å². The van der Waals surface area contributed by atoms with E-state index in [1.165, 1.54) is 11.8 Å². The smallest absolute Gasteiger partial charge is 0.247 e. The third kappa shape index (κ3) is 4.25. The van der Waals surface area contributed by atoms with Gasteiger partial charge in [-0.25, -0.2) is 0 Å². The summed E-state index contributed by atoms with van der Waals surface area (Å²) in [5.41, 5.74) is 2.39. The highest BCUT2D eigenvalue weighted by atomic mass is 35.5. The zero-order valence-electron chi connectivity index (χ0n) is 18.2. The first-order valence-electron chi connectivity index (χ1n) is 10.3. The van der Waals surface area contributed by atoms with Crippen molar-refractivity contribution in [2.75, 3.05) is 11.2 Å². The molecule has 0 fully saturated rings. The molecule has 0 bridgehead atoms. The molecule has 9 heteroatoms. The molecule has 1 aromatic heterocycles. The van der Waals surface area contributed by atoms with Gasteiger partial charge in [0.05, 0.1) is 17.4 Å². The van der Waals surface area contributed by atoms with E-state index in [9.17, 15) is 4.79 Å². The SMILES string of the molecule is CCC(=O)N1c2ccc(Cl)cc2-c2nnc(SC)nc2OC1c1ccccc1OC(C)C. The van der Waals surface area contributed by atoms with E-state index in [1.807, 2.05) is 51.3 Å².